The Bertz CT molecular complexity index is 1100. The van der Waals surface area contributed by atoms with Crippen molar-refractivity contribution < 1.29 is 0 Å². The molecule has 2 aromatic heterocycles. The van der Waals surface area contributed by atoms with Crippen LogP contribution in [0.5, 0.6) is 0 Å². The smallest absolute Gasteiger partial charge is 0.126 e. The predicted octanol–water partition coefficient (Wildman–Crippen LogP) is 5.30. The van der Waals surface area contributed by atoms with Crippen LogP contribution in [0.15, 0.2) is 35.6 Å². The zero-order valence-electron chi connectivity index (χ0n) is 24.0. The van der Waals surface area contributed by atoms with E-state index >= 15 is 0 Å². The van der Waals surface area contributed by atoms with Crippen LogP contribution in [0.3, 0.4) is 0 Å². The average Bonchev–Trinajstić information content (AvgIpc) is 2.97. The first-order valence-corrected chi connectivity index (χ1v) is 14.4. The van der Waals surface area contributed by atoms with E-state index in [4.69, 9.17) is 16.6 Å². The molecule has 0 bridgehead atoms. The van der Waals surface area contributed by atoms with E-state index in [0.717, 1.165) is 60.6 Å². The van der Waals surface area contributed by atoms with E-state index < -0.39 is 0 Å². The Kier molecular flexibility index (Phi) is 11.8. The highest BCUT2D eigenvalue weighted by Crippen LogP contribution is 2.36. The molecule has 0 spiro atoms. The molecule has 2 saturated carbocycles. The third-order valence-corrected chi connectivity index (χ3v) is 7.85. The van der Waals surface area contributed by atoms with Crippen LogP contribution in [0, 0.1) is 23.7 Å². The Hall–Kier alpha value is -3.38. The fourth-order valence-corrected chi connectivity index (χ4v) is 5.53. The second kappa shape index (κ2) is 15.3. The third kappa shape index (κ3) is 9.39. The van der Waals surface area contributed by atoms with Crippen molar-refractivity contribution in [1.29, 1.82) is 5.26 Å². The van der Waals surface area contributed by atoms with Gasteiger partial charge >= 0.3 is 0 Å². The van der Waals surface area contributed by atoms with Gasteiger partial charge in [-0.05, 0) is 63.3 Å². The molecular weight excluding hydrogens is 486 g/mol. The van der Waals surface area contributed by atoms with Crippen LogP contribution in [-0.2, 0) is 0 Å². The van der Waals surface area contributed by atoms with Crippen molar-refractivity contribution in [3.05, 3.63) is 36.0 Å². The monoisotopic (exact) mass is 533 g/mol. The molecule has 9 nitrogen and oxygen atoms in total. The second-order valence-corrected chi connectivity index (χ2v) is 11.1. The van der Waals surface area contributed by atoms with Crippen molar-refractivity contribution in [3.8, 4) is 17.3 Å². The van der Waals surface area contributed by atoms with Crippen LogP contribution in [0.25, 0.3) is 11.3 Å². The van der Waals surface area contributed by atoms with Gasteiger partial charge < -0.3 is 27.5 Å². The molecule has 1 atom stereocenters. The normalized spacial score (nSPS) is 18.3. The number of hydrogen-bond donors (Lipinski definition) is 5. The molecule has 2 aromatic rings. The molecule has 7 N–H and O–H groups in total. The van der Waals surface area contributed by atoms with Crippen LogP contribution in [0.2, 0.25) is 0 Å². The summed E-state index contributed by atoms with van der Waals surface area (Å²) in [6.07, 6.45) is 14.8. The van der Waals surface area contributed by atoms with E-state index in [9.17, 15) is 5.26 Å². The van der Waals surface area contributed by atoms with Crippen LogP contribution in [0.1, 0.15) is 83.1 Å². The lowest BCUT2D eigenvalue weighted by Gasteiger charge is -2.30. The Morgan fingerprint density at radius 1 is 1.15 bits per heavy atom. The van der Waals surface area contributed by atoms with Crippen molar-refractivity contribution in [2.45, 2.75) is 96.6 Å². The van der Waals surface area contributed by atoms with Gasteiger partial charge in [-0.1, -0.05) is 44.6 Å². The molecule has 0 radical (unpaired) electrons. The maximum Gasteiger partial charge on any atom is 0.126 e. The summed E-state index contributed by atoms with van der Waals surface area (Å²) >= 11 is 0. The SMILES string of the molecule is CC(C/C(N)=N/N)NC1CCCCC1.CNc1cc(-c2cccc(NCC3(C#N)CCCCC3)n2)c(C)cn1. The van der Waals surface area contributed by atoms with Crippen molar-refractivity contribution in [2.75, 3.05) is 24.2 Å². The van der Waals surface area contributed by atoms with E-state index in [1.54, 1.807) is 0 Å². The summed E-state index contributed by atoms with van der Waals surface area (Å²) in [5.74, 6) is 7.26. The number of nitrogens with two attached hydrogens (primary N) is 2. The average molecular weight is 534 g/mol. The molecule has 2 heterocycles. The van der Waals surface area contributed by atoms with E-state index in [0.29, 0.717) is 24.5 Å². The largest absolute Gasteiger partial charge is 0.386 e. The molecule has 1 unspecified atom stereocenters. The molecule has 0 aliphatic heterocycles. The number of amidine groups is 1. The highest BCUT2D eigenvalue weighted by molar-refractivity contribution is 5.80. The zero-order chi connectivity index (χ0) is 28.1. The number of hydrazone groups is 1. The number of nitrogens with zero attached hydrogens (tertiary/aromatic N) is 4. The quantitative estimate of drug-likeness (QED) is 0.126. The first-order valence-electron chi connectivity index (χ1n) is 14.4. The third-order valence-electron chi connectivity index (χ3n) is 7.85. The molecule has 39 heavy (non-hydrogen) atoms. The van der Waals surface area contributed by atoms with Gasteiger partial charge in [0.1, 0.15) is 17.5 Å². The molecule has 0 saturated heterocycles. The Balaban J connectivity index is 0.000000255. The van der Waals surface area contributed by atoms with Crippen LogP contribution >= 0.6 is 0 Å². The minimum absolute atomic E-state index is 0.248. The van der Waals surface area contributed by atoms with Gasteiger partial charge in [0.25, 0.3) is 0 Å². The molecule has 0 aromatic carbocycles. The molecule has 9 heteroatoms. The lowest BCUT2D eigenvalue weighted by molar-refractivity contribution is 0.284. The van der Waals surface area contributed by atoms with Gasteiger partial charge in [-0.25, -0.2) is 9.97 Å². The van der Waals surface area contributed by atoms with Gasteiger partial charge in [-0.2, -0.15) is 10.4 Å². The van der Waals surface area contributed by atoms with Crippen molar-refractivity contribution >= 4 is 17.5 Å². The molecule has 4 rings (SSSR count). The maximum absolute atomic E-state index is 9.62. The number of rotatable bonds is 9. The summed E-state index contributed by atoms with van der Waals surface area (Å²) in [6, 6.07) is 11.6. The van der Waals surface area contributed by atoms with Crippen LogP contribution in [0.4, 0.5) is 11.6 Å². The standard InChI is InChI=1S/C20H25N5.C10H22N4/c1-15-12-23-19(22-2)11-16(15)17-7-6-8-18(25-17)24-14-20(13-21)9-4-3-5-10-20;1-8(7-10(11)14-12)13-9-5-3-2-4-6-9/h6-8,11-12H,3-5,9-10,14H2,1-2H3,(H,22,23)(H,24,25);8-9,13H,2-7,12H2,1H3,(H2,11,14). The Labute approximate surface area is 234 Å². The fraction of sp³-hybridized carbons (Fsp3) is 0.600. The fourth-order valence-electron chi connectivity index (χ4n) is 5.53. The lowest BCUT2D eigenvalue weighted by Crippen LogP contribution is -2.40. The van der Waals surface area contributed by atoms with E-state index in [-0.39, 0.29) is 5.41 Å². The minimum Gasteiger partial charge on any atom is -0.386 e. The van der Waals surface area contributed by atoms with Crippen molar-refractivity contribution in [3.63, 3.8) is 0 Å². The molecule has 2 aliphatic carbocycles. The van der Waals surface area contributed by atoms with E-state index in [1.165, 1.54) is 38.5 Å². The second-order valence-electron chi connectivity index (χ2n) is 11.1. The van der Waals surface area contributed by atoms with Crippen molar-refractivity contribution in [1.82, 2.24) is 15.3 Å². The molecule has 2 aliphatic rings. The zero-order valence-corrected chi connectivity index (χ0v) is 24.0. The van der Waals surface area contributed by atoms with E-state index in [1.807, 2.05) is 44.4 Å². The highest BCUT2D eigenvalue weighted by Gasteiger charge is 2.31. The number of pyridine rings is 2. The summed E-state index contributed by atoms with van der Waals surface area (Å²) in [5.41, 5.74) is 8.38. The number of anilines is 2. The Morgan fingerprint density at radius 2 is 1.87 bits per heavy atom. The summed E-state index contributed by atoms with van der Waals surface area (Å²) < 4.78 is 0. The summed E-state index contributed by atoms with van der Waals surface area (Å²) in [4.78, 5) is 9.09. The van der Waals surface area contributed by atoms with Gasteiger partial charge in [0.15, 0.2) is 0 Å². The van der Waals surface area contributed by atoms with Crippen LogP contribution < -0.4 is 27.5 Å². The van der Waals surface area contributed by atoms with Crippen molar-refractivity contribution in [2.24, 2.45) is 22.1 Å². The van der Waals surface area contributed by atoms with Gasteiger partial charge in [0.05, 0.1) is 17.2 Å². The van der Waals surface area contributed by atoms with Gasteiger partial charge in [0, 0.05) is 43.9 Å². The number of nitriles is 1. The number of aromatic nitrogens is 2. The highest BCUT2D eigenvalue weighted by atomic mass is 15.2. The molecule has 212 valence electrons. The maximum atomic E-state index is 9.62. The Morgan fingerprint density at radius 3 is 2.54 bits per heavy atom. The lowest BCUT2D eigenvalue weighted by atomic mass is 9.75. The number of nitrogens with one attached hydrogen (secondary N) is 3. The first kappa shape index (κ1) is 30.2. The van der Waals surface area contributed by atoms with Gasteiger partial charge in [0.2, 0.25) is 0 Å². The minimum atomic E-state index is -0.248. The van der Waals surface area contributed by atoms with Gasteiger partial charge in [-0.3, -0.25) is 0 Å². The first-order chi connectivity index (χ1) is 18.9. The summed E-state index contributed by atoms with van der Waals surface area (Å²) in [6.45, 7) is 4.83. The molecule has 0 amide bonds. The van der Waals surface area contributed by atoms with Crippen LogP contribution in [-0.4, -0.2) is 41.5 Å². The number of aryl methyl sites for hydroxylation is 1. The number of hydrogen-bond acceptors (Lipinski definition) is 8. The van der Waals surface area contributed by atoms with Gasteiger partial charge in [-0.15, -0.1) is 0 Å². The summed E-state index contributed by atoms with van der Waals surface area (Å²) in [7, 11) is 1.86. The predicted molar refractivity (Wildman–Crippen MR) is 161 cm³/mol. The topological polar surface area (TPSA) is 150 Å². The molecule has 2 fully saturated rings. The summed E-state index contributed by atoms with van der Waals surface area (Å²) in [5, 5.41) is 23.1. The molecular formula is C30H47N9. The van der Waals surface area contributed by atoms with E-state index in [2.05, 4.69) is 39.0 Å².